The van der Waals surface area contributed by atoms with Crippen molar-refractivity contribution in [1.29, 1.82) is 0 Å². The van der Waals surface area contributed by atoms with E-state index in [-0.39, 0.29) is 10.9 Å². The predicted molar refractivity (Wildman–Crippen MR) is 77.9 cm³/mol. The van der Waals surface area contributed by atoms with Crippen molar-refractivity contribution >= 4 is 15.7 Å². The average molecular weight is 285 g/mol. The molecule has 0 saturated carbocycles. The number of hydrogen-bond donors (Lipinski definition) is 2. The quantitative estimate of drug-likeness (QED) is 0.796. The summed E-state index contributed by atoms with van der Waals surface area (Å²) in [6, 6.07) is 3.15. The molecule has 0 amide bonds. The molecule has 1 heterocycles. The summed E-state index contributed by atoms with van der Waals surface area (Å²) in [5, 5.41) is 3.05. The van der Waals surface area contributed by atoms with Crippen molar-refractivity contribution < 1.29 is 8.42 Å². The van der Waals surface area contributed by atoms with Gasteiger partial charge in [-0.1, -0.05) is 26.7 Å². The van der Waals surface area contributed by atoms with Crippen molar-refractivity contribution in [2.24, 2.45) is 11.7 Å². The summed E-state index contributed by atoms with van der Waals surface area (Å²) in [6.07, 6.45) is 4.77. The van der Waals surface area contributed by atoms with E-state index in [0.717, 1.165) is 12.8 Å². The summed E-state index contributed by atoms with van der Waals surface area (Å²) >= 11 is 0. The molecule has 108 valence electrons. The molecule has 19 heavy (non-hydrogen) atoms. The minimum atomic E-state index is -3.28. The number of rotatable bonds is 7. The van der Waals surface area contributed by atoms with Crippen LogP contribution in [-0.4, -0.2) is 32.2 Å². The van der Waals surface area contributed by atoms with Crippen LogP contribution in [0.2, 0.25) is 0 Å². The summed E-state index contributed by atoms with van der Waals surface area (Å²) in [7, 11) is -3.28. The van der Waals surface area contributed by atoms with E-state index in [2.05, 4.69) is 24.1 Å². The highest BCUT2D eigenvalue weighted by Gasteiger charge is 2.17. The molecule has 1 atom stereocenters. The lowest BCUT2D eigenvalue weighted by Crippen LogP contribution is -2.36. The van der Waals surface area contributed by atoms with Gasteiger partial charge < -0.3 is 11.1 Å². The first kappa shape index (κ1) is 15.9. The Hall–Kier alpha value is -1.14. The van der Waals surface area contributed by atoms with Gasteiger partial charge in [-0.15, -0.1) is 0 Å². The summed E-state index contributed by atoms with van der Waals surface area (Å²) in [6.45, 7) is 4.74. The molecule has 5 nitrogen and oxygen atoms in total. The highest BCUT2D eigenvalue weighted by Crippen LogP contribution is 2.18. The zero-order valence-corrected chi connectivity index (χ0v) is 12.6. The van der Waals surface area contributed by atoms with Gasteiger partial charge in [0.2, 0.25) is 0 Å². The van der Waals surface area contributed by atoms with Crippen LogP contribution in [0.4, 0.5) is 5.82 Å². The molecule has 0 aliphatic heterocycles. The highest BCUT2D eigenvalue weighted by atomic mass is 32.2. The number of anilines is 1. The van der Waals surface area contributed by atoms with Gasteiger partial charge in [0.1, 0.15) is 10.7 Å². The summed E-state index contributed by atoms with van der Waals surface area (Å²) in [5.74, 6) is 0.810. The van der Waals surface area contributed by atoms with Crippen LogP contribution < -0.4 is 11.1 Å². The minimum absolute atomic E-state index is 0.00980. The molecule has 3 N–H and O–H groups in total. The van der Waals surface area contributed by atoms with Crippen molar-refractivity contribution in [3.05, 3.63) is 18.3 Å². The third-order valence-electron chi connectivity index (χ3n) is 3.33. The molecule has 0 saturated heterocycles. The third-order valence-corrected chi connectivity index (χ3v) is 4.46. The average Bonchev–Trinajstić information content (AvgIpc) is 2.37. The summed E-state index contributed by atoms with van der Waals surface area (Å²) in [5.41, 5.74) is 6.11. The van der Waals surface area contributed by atoms with Gasteiger partial charge in [0.05, 0.1) is 0 Å². The Morgan fingerprint density at radius 3 is 2.53 bits per heavy atom. The maximum absolute atomic E-state index is 11.6. The van der Waals surface area contributed by atoms with Gasteiger partial charge in [0.25, 0.3) is 0 Å². The van der Waals surface area contributed by atoms with Gasteiger partial charge in [-0.05, 0) is 18.1 Å². The topological polar surface area (TPSA) is 85.1 Å². The first-order valence-corrected chi connectivity index (χ1v) is 8.43. The van der Waals surface area contributed by atoms with Crippen molar-refractivity contribution in [1.82, 2.24) is 4.98 Å². The van der Waals surface area contributed by atoms with Gasteiger partial charge in [-0.25, -0.2) is 13.4 Å². The minimum Gasteiger partial charge on any atom is -0.367 e. The maximum atomic E-state index is 11.6. The number of sulfone groups is 1. The zero-order valence-electron chi connectivity index (χ0n) is 11.8. The normalized spacial score (nSPS) is 13.5. The largest absolute Gasteiger partial charge is 0.367 e. The monoisotopic (exact) mass is 285 g/mol. The molecule has 1 unspecified atom stereocenters. The fourth-order valence-electron chi connectivity index (χ4n) is 2.10. The Bertz CT molecular complexity index is 498. The zero-order chi connectivity index (χ0) is 14.5. The Morgan fingerprint density at radius 2 is 2.00 bits per heavy atom. The van der Waals surface area contributed by atoms with Gasteiger partial charge in [0, 0.05) is 25.0 Å². The van der Waals surface area contributed by atoms with Crippen LogP contribution in [0.15, 0.2) is 23.2 Å². The Kier molecular flexibility index (Phi) is 5.75. The molecular weight excluding hydrogens is 262 g/mol. The van der Waals surface area contributed by atoms with E-state index in [4.69, 9.17) is 5.73 Å². The number of nitrogens with two attached hydrogens (primary N) is 1. The molecule has 1 rings (SSSR count). The lowest BCUT2D eigenvalue weighted by atomic mass is 9.95. The van der Waals surface area contributed by atoms with Crippen LogP contribution in [0.3, 0.4) is 0 Å². The SMILES string of the molecule is CCC(CC)C(N)CNc1ncccc1S(C)(=O)=O. The van der Waals surface area contributed by atoms with Crippen LogP contribution in [0.5, 0.6) is 0 Å². The summed E-state index contributed by atoms with van der Waals surface area (Å²) in [4.78, 5) is 4.30. The molecule has 0 fully saturated rings. The van der Waals surface area contributed by atoms with E-state index < -0.39 is 9.84 Å². The first-order chi connectivity index (χ1) is 8.90. The molecule has 0 aliphatic rings. The van der Waals surface area contributed by atoms with E-state index in [9.17, 15) is 8.42 Å². The molecule has 0 aliphatic carbocycles. The molecular formula is C13H23N3O2S. The van der Waals surface area contributed by atoms with Gasteiger partial charge >= 0.3 is 0 Å². The Morgan fingerprint density at radius 1 is 1.37 bits per heavy atom. The van der Waals surface area contributed by atoms with Gasteiger partial charge in [0.15, 0.2) is 9.84 Å². The van der Waals surface area contributed by atoms with E-state index in [1.165, 1.54) is 6.26 Å². The smallest absolute Gasteiger partial charge is 0.179 e. The van der Waals surface area contributed by atoms with Crippen LogP contribution in [-0.2, 0) is 9.84 Å². The highest BCUT2D eigenvalue weighted by molar-refractivity contribution is 7.90. The Balaban J connectivity index is 2.79. The second-order valence-corrected chi connectivity index (χ2v) is 6.73. The number of aromatic nitrogens is 1. The van der Waals surface area contributed by atoms with Crippen LogP contribution in [0.1, 0.15) is 26.7 Å². The fourth-order valence-corrected chi connectivity index (χ4v) is 2.90. The lowest BCUT2D eigenvalue weighted by Gasteiger charge is -2.22. The molecule has 6 heteroatoms. The van der Waals surface area contributed by atoms with E-state index in [1.807, 2.05) is 0 Å². The number of nitrogens with one attached hydrogen (secondary N) is 1. The van der Waals surface area contributed by atoms with Crippen molar-refractivity contribution in [3.63, 3.8) is 0 Å². The lowest BCUT2D eigenvalue weighted by molar-refractivity contribution is 0.407. The van der Waals surface area contributed by atoms with Crippen LogP contribution >= 0.6 is 0 Å². The third kappa shape index (κ3) is 4.47. The van der Waals surface area contributed by atoms with Crippen molar-refractivity contribution in [2.45, 2.75) is 37.6 Å². The second-order valence-electron chi connectivity index (χ2n) is 4.74. The molecule has 0 aromatic carbocycles. The fraction of sp³-hybridized carbons (Fsp3) is 0.615. The summed E-state index contributed by atoms with van der Waals surface area (Å²) < 4.78 is 23.3. The number of hydrogen-bond acceptors (Lipinski definition) is 5. The Labute approximate surface area is 115 Å². The van der Waals surface area contributed by atoms with Gasteiger partial charge in [-0.2, -0.15) is 0 Å². The number of pyridine rings is 1. The molecule has 0 radical (unpaired) electrons. The van der Waals surface area contributed by atoms with Gasteiger partial charge in [-0.3, -0.25) is 0 Å². The maximum Gasteiger partial charge on any atom is 0.179 e. The van der Waals surface area contributed by atoms with Crippen molar-refractivity contribution in [2.75, 3.05) is 18.1 Å². The first-order valence-electron chi connectivity index (χ1n) is 6.54. The van der Waals surface area contributed by atoms with Crippen LogP contribution in [0.25, 0.3) is 0 Å². The van der Waals surface area contributed by atoms with Crippen molar-refractivity contribution in [3.8, 4) is 0 Å². The molecule has 1 aromatic rings. The van der Waals surface area contributed by atoms with E-state index in [1.54, 1.807) is 18.3 Å². The standard InChI is InChI=1S/C13H23N3O2S/c1-4-10(5-2)11(14)9-16-13-12(19(3,17)18)7-6-8-15-13/h6-8,10-11H,4-5,9,14H2,1-3H3,(H,15,16). The van der Waals surface area contributed by atoms with E-state index in [0.29, 0.717) is 18.3 Å². The van der Waals surface area contributed by atoms with Crippen LogP contribution in [0, 0.1) is 5.92 Å². The molecule has 0 spiro atoms. The second kappa shape index (κ2) is 6.86. The van der Waals surface area contributed by atoms with E-state index >= 15 is 0 Å². The number of nitrogens with zero attached hydrogens (tertiary/aromatic N) is 1. The molecule has 0 bridgehead atoms. The predicted octanol–water partition coefficient (Wildman–Crippen LogP) is 1.66. The molecule has 1 aromatic heterocycles.